The van der Waals surface area contributed by atoms with Gasteiger partial charge in [-0.25, -0.2) is 0 Å². The van der Waals surface area contributed by atoms with Crippen molar-refractivity contribution in [3.8, 4) is 0 Å². The molecule has 0 aromatic heterocycles. The van der Waals surface area contributed by atoms with E-state index in [9.17, 15) is 0 Å². The van der Waals surface area contributed by atoms with Crippen molar-refractivity contribution in [3.63, 3.8) is 0 Å². The van der Waals surface area contributed by atoms with Crippen molar-refractivity contribution in [2.24, 2.45) is 17.8 Å². The molecule has 0 aliphatic carbocycles. The van der Waals surface area contributed by atoms with Crippen molar-refractivity contribution in [1.82, 2.24) is 0 Å². The fourth-order valence-electron chi connectivity index (χ4n) is 2.17. The van der Waals surface area contributed by atoms with E-state index in [0.717, 1.165) is 17.8 Å². The standard InChI is InChI=1S/C15H30/c1-6-9-10-13(4)11-12-15(8-3)14(5)7-2/h9-10,13-15H,6-8,11-12H2,1-5H3. The molecule has 0 spiro atoms. The summed E-state index contributed by atoms with van der Waals surface area (Å²) in [4.78, 5) is 0. The molecule has 0 heteroatoms. The van der Waals surface area contributed by atoms with Crippen LogP contribution >= 0.6 is 0 Å². The molecule has 0 heterocycles. The lowest BCUT2D eigenvalue weighted by Crippen LogP contribution is -2.11. The van der Waals surface area contributed by atoms with Gasteiger partial charge in [-0.3, -0.25) is 0 Å². The van der Waals surface area contributed by atoms with Crippen molar-refractivity contribution in [2.75, 3.05) is 0 Å². The van der Waals surface area contributed by atoms with Crippen LogP contribution in [0.25, 0.3) is 0 Å². The van der Waals surface area contributed by atoms with Gasteiger partial charge in [0.1, 0.15) is 0 Å². The van der Waals surface area contributed by atoms with Gasteiger partial charge in [-0.2, -0.15) is 0 Å². The van der Waals surface area contributed by atoms with Crippen LogP contribution in [0, 0.1) is 17.8 Å². The highest BCUT2D eigenvalue weighted by atomic mass is 14.2. The molecule has 0 bridgehead atoms. The van der Waals surface area contributed by atoms with Gasteiger partial charge in [-0.05, 0) is 37.0 Å². The number of allylic oxidation sites excluding steroid dienone is 2. The highest BCUT2D eigenvalue weighted by molar-refractivity contribution is 4.85. The lowest BCUT2D eigenvalue weighted by atomic mass is 9.84. The second kappa shape index (κ2) is 9.00. The fraction of sp³-hybridized carbons (Fsp3) is 0.867. The molecule has 90 valence electrons. The summed E-state index contributed by atoms with van der Waals surface area (Å²) < 4.78 is 0. The number of rotatable bonds is 8. The third-order valence-corrected chi connectivity index (χ3v) is 3.67. The summed E-state index contributed by atoms with van der Waals surface area (Å²) in [5.74, 6) is 2.60. The largest absolute Gasteiger partial charge is 0.0885 e. The Kier molecular flexibility index (Phi) is 8.85. The molecular formula is C15H30. The Morgan fingerprint density at radius 1 is 0.933 bits per heavy atom. The van der Waals surface area contributed by atoms with Gasteiger partial charge in [0.25, 0.3) is 0 Å². The smallest absolute Gasteiger partial charge is 0.0262 e. The van der Waals surface area contributed by atoms with Crippen LogP contribution in [0.3, 0.4) is 0 Å². The highest BCUT2D eigenvalue weighted by Gasteiger charge is 2.13. The zero-order valence-electron chi connectivity index (χ0n) is 11.4. The quantitative estimate of drug-likeness (QED) is 0.468. The van der Waals surface area contributed by atoms with Crippen molar-refractivity contribution in [2.45, 2.75) is 66.7 Å². The van der Waals surface area contributed by atoms with Crippen LogP contribution in [0.15, 0.2) is 12.2 Å². The molecule has 15 heavy (non-hydrogen) atoms. The van der Waals surface area contributed by atoms with E-state index in [1.54, 1.807) is 0 Å². The van der Waals surface area contributed by atoms with E-state index < -0.39 is 0 Å². The second-order valence-electron chi connectivity index (χ2n) is 4.94. The van der Waals surface area contributed by atoms with E-state index in [4.69, 9.17) is 0 Å². The maximum Gasteiger partial charge on any atom is -0.0262 e. The van der Waals surface area contributed by atoms with Gasteiger partial charge < -0.3 is 0 Å². The van der Waals surface area contributed by atoms with E-state index in [-0.39, 0.29) is 0 Å². The van der Waals surface area contributed by atoms with Crippen LogP contribution in [-0.4, -0.2) is 0 Å². The predicted molar refractivity (Wildman–Crippen MR) is 71.1 cm³/mol. The minimum absolute atomic E-state index is 0.767. The Morgan fingerprint density at radius 2 is 1.60 bits per heavy atom. The molecule has 0 amide bonds. The van der Waals surface area contributed by atoms with Gasteiger partial charge in [-0.15, -0.1) is 0 Å². The first kappa shape index (κ1) is 14.7. The third kappa shape index (κ3) is 6.76. The van der Waals surface area contributed by atoms with Crippen LogP contribution < -0.4 is 0 Å². The minimum Gasteiger partial charge on any atom is -0.0885 e. The average molecular weight is 210 g/mol. The predicted octanol–water partition coefficient (Wildman–Crippen LogP) is 5.44. The monoisotopic (exact) mass is 210 g/mol. The van der Waals surface area contributed by atoms with Gasteiger partial charge in [0, 0.05) is 0 Å². The molecule has 0 aromatic rings. The second-order valence-corrected chi connectivity index (χ2v) is 4.94. The number of hydrogen-bond acceptors (Lipinski definition) is 0. The molecule has 0 saturated carbocycles. The molecule has 0 saturated heterocycles. The van der Waals surface area contributed by atoms with Crippen molar-refractivity contribution < 1.29 is 0 Å². The molecule has 0 rings (SSSR count). The van der Waals surface area contributed by atoms with Crippen LogP contribution in [0.2, 0.25) is 0 Å². The van der Waals surface area contributed by atoms with Crippen LogP contribution in [-0.2, 0) is 0 Å². The molecule has 0 radical (unpaired) electrons. The van der Waals surface area contributed by atoms with Gasteiger partial charge >= 0.3 is 0 Å². The molecular weight excluding hydrogens is 180 g/mol. The fourth-order valence-corrected chi connectivity index (χ4v) is 2.17. The van der Waals surface area contributed by atoms with E-state index >= 15 is 0 Å². The average Bonchev–Trinajstić information content (AvgIpc) is 2.26. The summed E-state index contributed by atoms with van der Waals surface area (Å²) in [5.41, 5.74) is 0. The first-order valence-corrected chi connectivity index (χ1v) is 6.82. The SMILES string of the molecule is CCC=CC(C)CCC(CC)C(C)CC. The maximum atomic E-state index is 2.40. The summed E-state index contributed by atoms with van der Waals surface area (Å²) in [5, 5.41) is 0. The molecule has 0 fully saturated rings. The van der Waals surface area contributed by atoms with E-state index in [1.165, 1.54) is 32.1 Å². The number of hydrogen-bond donors (Lipinski definition) is 0. The summed E-state index contributed by atoms with van der Waals surface area (Å²) in [6.07, 6.45) is 11.3. The molecule has 0 N–H and O–H groups in total. The van der Waals surface area contributed by atoms with E-state index in [0.29, 0.717) is 0 Å². The topological polar surface area (TPSA) is 0 Å². The van der Waals surface area contributed by atoms with Crippen LogP contribution in [0.5, 0.6) is 0 Å². The molecule has 0 aliphatic heterocycles. The Bertz CT molecular complexity index is 157. The zero-order chi connectivity index (χ0) is 11.7. The van der Waals surface area contributed by atoms with Crippen molar-refractivity contribution in [1.29, 1.82) is 0 Å². The summed E-state index contributed by atoms with van der Waals surface area (Å²) in [6.45, 7) is 11.6. The van der Waals surface area contributed by atoms with Crippen LogP contribution in [0.4, 0.5) is 0 Å². The van der Waals surface area contributed by atoms with Crippen molar-refractivity contribution >= 4 is 0 Å². The van der Waals surface area contributed by atoms with Gasteiger partial charge in [0.2, 0.25) is 0 Å². The third-order valence-electron chi connectivity index (χ3n) is 3.67. The Balaban J connectivity index is 3.84. The first-order chi connectivity index (χ1) is 7.15. The summed E-state index contributed by atoms with van der Waals surface area (Å²) in [6, 6.07) is 0. The van der Waals surface area contributed by atoms with E-state index in [1.807, 2.05) is 0 Å². The molecule has 3 unspecified atom stereocenters. The van der Waals surface area contributed by atoms with Gasteiger partial charge in [-0.1, -0.05) is 59.6 Å². The Labute approximate surface area is 97.2 Å². The summed E-state index contributed by atoms with van der Waals surface area (Å²) >= 11 is 0. The van der Waals surface area contributed by atoms with Gasteiger partial charge in [0.15, 0.2) is 0 Å². The first-order valence-electron chi connectivity index (χ1n) is 6.82. The lowest BCUT2D eigenvalue weighted by Gasteiger charge is -2.22. The lowest BCUT2D eigenvalue weighted by molar-refractivity contribution is 0.301. The normalized spacial score (nSPS) is 17.9. The molecule has 0 aromatic carbocycles. The minimum atomic E-state index is 0.767. The highest BCUT2D eigenvalue weighted by Crippen LogP contribution is 2.25. The molecule has 0 aliphatic rings. The molecule has 3 atom stereocenters. The maximum absolute atomic E-state index is 2.40. The molecule has 0 nitrogen and oxygen atoms in total. The Morgan fingerprint density at radius 3 is 2.07 bits per heavy atom. The summed E-state index contributed by atoms with van der Waals surface area (Å²) in [7, 11) is 0. The van der Waals surface area contributed by atoms with Gasteiger partial charge in [0.05, 0.1) is 0 Å². The van der Waals surface area contributed by atoms with Crippen molar-refractivity contribution in [3.05, 3.63) is 12.2 Å². The van der Waals surface area contributed by atoms with E-state index in [2.05, 4.69) is 46.8 Å². The van der Waals surface area contributed by atoms with Crippen LogP contribution in [0.1, 0.15) is 66.7 Å². The Hall–Kier alpha value is -0.260. The zero-order valence-corrected chi connectivity index (χ0v) is 11.4.